The first-order chi connectivity index (χ1) is 7.83. The van der Waals surface area contributed by atoms with Gasteiger partial charge in [0.1, 0.15) is 6.54 Å². The zero-order valence-electron chi connectivity index (χ0n) is 8.97. The normalized spacial score (nSPS) is 11.1. The fraction of sp³-hybridized carbons (Fsp3) is 0.300. The second kappa shape index (κ2) is 4.94. The molecule has 0 bridgehead atoms. The van der Waals surface area contributed by atoms with Gasteiger partial charge in [-0.2, -0.15) is 13.2 Å². The first kappa shape index (κ1) is 13.1. The minimum absolute atomic E-state index is 0.0275. The van der Waals surface area contributed by atoms with Gasteiger partial charge in [-0.25, -0.2) is 4.79 Å². The van der Waals surface area contributed by atoms with E-state index in [2.05, 4.69) is 10.1 Å². The number of methoxy groups -OCH3 is 1. The lowest BCUT2D eigenvalue weighted by molar-refractivity contribution is -0.115. The monoisotopic (exact) mass is 248 g/mol. The van der Waals surface area contributed by atoms with Crippen molar-refractivity contribution in [3.63, 3.8) is 0 Å². The van der Waals surface area contributed by atoms with E-state index in [1.807, 2.05) is 0 Å². The highest BCUT2D eigenvalue weighted by Crippen LogP contribution is 2.21. The van der Waals surface area contributed by atoms with Crippen molar-refractivity contribution in [2.75, 3.05) is 24.7 Å². The molecule has 0 saturated heterocycles. The number of ether oxygens (including phenoxy) is 1. The summed E-state index contributed by atoms with van der Waals surface area (Å²) in [6.45, 7) is -1.18. The number of halogens is 3. The highest BCUT2D eigenvalue weighted by molar-refractivity contribution is 5.96. The van der Waals surface area contributed by atoms with Crippen LogP contribution in [-0.2, 0) is 4.74 Å². The van der Waals surface area contributed by atoms with Gasteiger partial charge in [0, 0.05) is 11.4 Å². The average molecular weight is 248 g/mol. The lowest BCUT2D eigenvalue weighted by Crippen LogP contribution is -2.21. The zero-order chi connectivity index (χ0) is 13.1. The molecule has 7 heteroatoms. The van der Waals surface area contributed by atoms with E-state index < -0.39 is 18.7 Å². The SMILES string of the molecule is COC(=O)c1cc(NCC(F)(F)F)ccc1N. The average Bonchev–Trinajstić information content (AvgIpc) is 2.26. The zero-order valence-corrected chi connectivity index (χ0v) is 8.97. The Balaban J connectivity index is 2.86. The molecule has 17 heavy (non-hydrogen) atoms. The van der Waals surface area contributed by atoms with Gasteiger partial charge in [-0.3, -0.25) is 0 Å². The van der Waals surface area contributed by atoms with Crippen molar-refractivity contribution in [1.29, 1.82) is 0 Å². The Hall–Kier alpha value is -1.92. The van der Waals surface area contributed by atoms with Gasteiger partial charge < -0.3 is 15.8 Å². The number of rotatable bonds is 3. The number of carbonyl (C=O) groups is 1. The Labute approximate surface area is 95.6 Å². The third-order valence-corrected chi connectivity index (χ3v) is 1.95. The number of benzene rings is 1. The van der Waals surface area contributed by atoms with Gasteiger partial charge in [-0.1, -0.05) is 0 Å². The molecule has 0 unspecified atom stereocenters. The molecule has 94 valence electrons. The molecule has 0 aromatic heterocycles. The number of nitrogens with one attached hydrogen (secondary N) is 1. The molecule has 3 N–H and O–H groups in total. The van der Waals surface area contributed by atoms with Crippen molar-refractivity contribution in [1.82, 2.24) is 0 Å². The molecule has 0 spiro atoms. The lowest BCUT2D eigenvalue weighted by atomic mass is 10.1. The molecule has 0 heterocycles. The molecular formula is C10H11F3N2O2. The summed E-state index contributed by atoms with van der Waals surface area (Å²) in [7, 11) is 1.16. The second-order valence-corrected chi connectivity index (χ2v) is 3.26. The van der Waals surface area contributed by atoms with Gasteiger partial charge in [0.2, 0.25) is 0 Å². The number of alkyl halides is 3. The van der Waals surface area contributed by atoms with Crippen molar-refractivity contribution in [2.24, 2.45) is 0 Å². The second-order valence-electron chi connectivity index (χ2n) is 3.26. The summed E-state index contributed by atoms with van der Waals surface area (Å²) in [6, 6.07) is 3.91. The Morgan fingerprint density at radius 2 is 2.12 bits per heavy atom. The van der Waals surface area contributed by atoms with Crippen molar-refractivity contribution in [3.8, 4) is 0 Å². The summed E-state index contributed by atoms with van der Waals surface area (Å²) in [5.74, 6) is -0.696. The summed E-state index contributed by atoms with van der Waals surface area (Å²) in [5, 5.41) is 2.14. The smallest absolute Gasteiger partial charge is 0.405 e. The van der Waals surface area contributed by atoms with E-state index in [1.165, 1.54) is 18.2 Å². The molecule has 0 aliphatic carbocycles. The molecule has 1 rings (SSSR count). The Morgan fingerprint density at radius 3 is 2.65 bits per heavy atom. The van der Waals surface area contributed by atoms with Crippen molar-refractivity contribution >= 4 is 17.3 Å². The fourth-order valence-electron chi connectivity index (χ4n) is 1.16. The van der Waals surface area contributed by atoms with E-state index in [1.54, 1.807) is 0 Å². The minimum atomic E-state index is -4.33. The maximum absolute atomic E-state index is 12.0. The van der Waals surface area contributed by atoms with Crippen molar-refractivity contribution < 1.29 is 22.7 Å². The van der Waals surface area contributed by atoms with E-state index in [4.69, 9.17) is 5.73 Å². The van der Waals surface area contributed by atoms with Crippen LogP contribution in [0.5, 0.6) is 0 Å². The molecule has 1 aromatic rings. The summed E-state index contributed by atoms with van der Waals surface area (Å²) in [5.41, 5.74) is 5.82. The fourth-order valence-corrected chi connectivity index (χ4v) is 1.16. The predicted molar refractivity (Wildman–Crippen MR) is 56.7 cm³/mol. The van der Waals surface area contributed by atoms with E-state index in [9.17, 15) is 18.0 Å². The predicted octanol–water partition coefficient (Wildman–Crippen LogP) is 2.03. The van der Waals surface area contributed by atoms with Crippen LogP contribution in [0, 0.1) is 0 Å². The molecular weight excluding hydrogens is 237 g/mol. The molecule has 0 amide bonds. The van der Waals surface area contributed by atoms with Gasteiger partial charge in [-0.15, -0.1) is 0 Å². The van der Waals surface area contributed by atoms with Crippen LogP contribution in [0.3, 0.4) is 0 Å². The van der Waals surface area contributed by atoms with Crippen LogP contribution in [0.1, 0.15) is 10.4 Å². The number of carbonyl (C=O) groups excluding carboxylic acids is 1. The van der Waals surface area contributed by atoms with Crippen LogP contribution < -0.4 is 11.1 Å². The van der Waals surface area contributed by atoms with Gasteiger partial charge in [0.05, 0.1) is 12.7 Å². The maximum Gasteiger partial charge on any atom is 0.405 e. The molecule has 0 atom stereocenters. The topological polar surface area (TPSA) is 64.3 Å². The van der Waals surface area contributed by atoms with Crippen molar-refractivity contribution in [3.05, 3.63) is 23.8 Å². The Bertz CT molecular complexity index is 419. The molecule has 0 radical (unpaired) electrons. The number of hydrogen-bond donors (Lipinski definition) is 2. The summed E-state index contributed by atoms with van der Waals surface area (Å²) in [6.07, 6.45) is -4.33. The van der Waals surface area contributed by atoms with E-state index in [-0.39, 0.29) is 16.9 Å². The van der Waals surface area contributed by atoms with E-state index in [0.29, 0.717) is 0 Å². The third kappa shape index (κ3) is 3.86. The first-order valence-electron chi connectivity index (χ1n) is 4.62. The summed E-state index contributed by atoms with van der Waals surface area (Å²) in [4.78, 5) is 11.2. The number of nitrogen functional groups attached to an aromatic ring is 1. The van der Waals surface area contributed by atoms with Crippen LogP contribution in [0.2, 0.25) is 0 Å². The maximum atomic E-state index is 12.0. The first-order valence-corrected chi connectivity index (χ1v) is 4.62. The molecule has 0 aliphatic rings. The lowest BCUT2D eigenvalue weighted by Gasteiger charge is -2.11. The van der Waals surface area contributed by atoms with Crippen LogP contribution in [0.25, 0.3) is 0 Å². The third-order valence-electron chi connectivity index (χ3n) is 1.95. The highest BCUT2D eigenvalue weighted by atomic mass is 19.4. The van der Waals surface area contributed by atoms with Crippen LogP contribution in [0.15, 0.2) is 18.2 Å². The Kier molecular flexibility index (Phi) is 3.82. The van der Waals surface area contributed by atoms with E-state index in [0.717, 1.165) is 7.11 Å². The standard InChI is InChI=1S/C10H11F3N2O2/c1-17-9(16)7-4-6(2-3-8(7)14)15-5-10(11,12)13/h2-4,15H,5,14H2,1H3. The molecule has 1 aromatic carbocycles. The molecule has 0 fully saturated rings. The molecule has 0 saturated carbocycles. The number of anilines is 2. The van der Waals surface area contributed by atoms with E-state index >= 15 is 0 Å². The number of nitrogens with two attached hydrogens (primary N) is 1. The van der Waals surface area contributed by atoms with Crippen LogP contribution in [0.4, 0.5) is 24.5 Å². The summed E-state index contributed by atoms with van der Waals surface area (Å²) < 4.78 is 40.3. The van der Waals surface area contributed by atoms with Gasteiger partial charge in [0.15, 0.2) is 0 Å². The van der Waals surface area contributed by atoms with Crippen LogP contribution in [-0.4, -0.2) is 25.8 Å². The van der Waals surface area contributed by atoms with Gasteiger partial charge in [0.25, 0.3) is 0 Å². The number of hydrogen-bond acceptors (Lipinski definition) is 4. The molecule has 0 aliphatic heterocycles. The Morgan fingerprint density at radius 1 is 1.47 bits per heavy atom. The largest absolute Gasteiger partial charge is 0.465 e. The van der Waals surface area contributed by atoms with Crippen molar-refractivity contribution in [2.45, 2.75) is 6.18 Å². The highest BCUT2D eigenvalue weighted by Gasteiger charge is 2.26. The van der Waals surface area contributed by atoms with Gasteiger partial charge >= 0.3 is 12.1 Å². The van der Waals surface area contributed by atoms with Crippen LogP contribution >= 0.6 is 0 Å². The van der Waals surface area contributed by atoms with Gasteiger partial charge in [-0.05, 0) is 18.2 Å². The summed E-state index contributed by atoms with van der Waals surface area (Å²) >= 11 is 0. The number of esters is 1. The minimum Gasteiger partial charge on any atom is -0.465 e. The molecule has 4 nitrogen and oxygen atoms in total. The quantitative estimate of drug-likeness (QED) is 0.634.